The summed E-state index contributed by atoms with van der Waals surface area (Å²) in [4.78, 5) is 13.9. The lowest BCUT2D eigenvalue weighted by Gasteiger charge is -2.18. The lowest BCUT2D eigenvalue weighted by Crippen LogP contribution is -2.41. The average molecular weight is 241 g/mol. The number of nitrogens with two attached hydrogens (primary N) is 1. The Labute approximate surface area is 105 Å². The smallest absolute Gasteiger partial charge is 0.234 e. The standard InChI is InChI=1S/C13H27N3O/c1-10(2)4-5-11(3)15-13(17)9-16-7-6-12(14)8-16/h10-12H,4-9,14H2,1-3H3,(H,15,17)/t11?,12-/m0/s1. The van der Waals surface area contributed by atoms with Crippen LogP contribution in [0, 0.1) is 5.92 Å². The molecule has 3 N–H and O–H groups in total. The summed E-state index contributed by atoms with van der Waals surface area (Å²) in [6.45, 7) is 8.80. The highest BCUT2D eigenvalue weighted by Gasteiger charge is 2.21. The molecule has 0 bridgehead atoms. The van der Waals surface area contributed by atoms with Crippen molar-refractivity contribution in [3.63, 3.8) is 0 Å². The molecule has 17 heavy (non-hydrogen) atoms. The highest BCUT2D eigenvalue weighted by Crippen LogP contribution is 2.08. The topological polar surface area (TPSA) is 58.4 Å². The Morgan fingerprint density at radius 1 is 1.41 bits per heavy atom. The SMILES string of the molecule is CC(C)CCC(C)NC(=O)CN1CC[C@H](N)C1. The third kappa shape index (κ3) is 6.03. The van der Waals surface area contributed by atoms with Crippen LogP contribution in [-0.4, -0.2) is 42.5 Å². The third-order valence-corrected chi connectivity index (χ3v) is 3.26. The minimum Gasteiger partial charge on any atom is -0.353 e. The Morgan fingerprint density at radius 3 is 2.65 bits per heavy atom. The number of carbonyl (C=O) groups excluding carboxylic acids is 1. The molecule has 0 radical (unpaired) electrons. The molecule has 1 heterocycles. The molecule has 1 saturated heterocycles. The third-order valence-electron chi connectivity index (χ3n) is 3.26. The van der Waals surface area contributed by atoms with E-state index in [-0.39, 0.29) is 18.0 Å². The van der Waals surface area contributed by atoms with Crippen LogP contribution in [0.1, 0.15) is 40.0 Å². The second-order valence-electron chi connectivity index (χ2n) is 5.72. The maximum absolute atomic E-state index is 11.8. The first kappa shape index (κ1) is 14.5. The Hall–Kier alpha value is -0.610. The van der Waals surface area contributed by atoms with Gasteiger partial charge in [-0.15, -0.1) is 0 Å². The Kier molecular flexibility index (Phi) is 5.92. The van der Waals surface area contributed by atoms with Gasteiger partial charge in [0.15, 0.2) is 0 Å². The molecule has 1 amide bonds. The highest BCUT2D eigenvalue weighted by molar-refractivity contribution is 5.78. The first-order valence-corrected chi connectivity index (χ1v) is 6.74. The molecule has 2 atom stereocenters. The van der Waals surface area contributed by atoms with Gasteiger partial charge in [-0.3, -0.25) is 9.69 Å². The van der Waals surface area contributed by atoms with Crippen molar-refractivity contribution in [1.29, 1.82) is 0 Å². The molecule has 1 unspecified atom stereocenters. The van der Waals surface area contributed by atoms with Gasteiger partial charge in [-0.05, 0) is 32.1 Å². The molecule has 0 aliphatic carbocycles. The first-order chi connectivity index (χ1) is 7.97. The van der Waals surface area contributed by atoms with Gasteiger partial charge in [-0.1, -0.05) is 13.8 Å². The second-order valence-corrected chi connectivity index (χ2v) is 5.72. The van der Waals surface area contributed by atoms with Crippen molar-refractivity contribution < 1.29 is 4.79 Å². The van der Waals surface area contributed by atoms with E-state index in [0.29, 0.717) is 12.5 Å². The van der Waals surface area contributed by atoms with E-state index in [9.17, 15) is 4.79 Å². The normalized spacial score (nSPS) is 23.0. The molecule has 1 fully saturated rings. The highest BCUT2D eigenvalue weighted by atomic mass is 16.2. The van der Waals surface area contributed by atoms with Crippen molar-refractivity contribution in [3.8, 4) is 0 Å². The van der Waals surface area contributed by atoms with Crippen molar-refractivity contribution >= 4 is 5.91 Å². The van der Waals surface area contributed by atoms with Gasteiger partial charge in [-0.25, -0.2) is 0 Å². The predicted molar refractivity (Wildman–Crippen MR) is 70.7 cm³/mol. The zero-order valence-electron chi connectivity index (χ0n) is 11.4. The van der Waals surface area contributed by atoms with Gasteiger partial charge in [-0.2, -0.15) is 0 Å². The molecule has 4 nitrogen and oxygen atoms in total. The van der Waals surface area contributed by atoms with Crippen LogP contribution in [0.4, 0.5) is 0 Å². The minimum absolute atomic E-state index is 0.135. The van der Waals surface area contributed by atoms with E-state index in [1.807, 2.05) is 0 Å². The molecule has 0 saturated carbocycles. The van der Waals surface area contributed by atoms with Crippen LogP contribution in [0.15, 0.2) is 0 Å². The van der Waals surface area contributed by atoms with Crippen LogP contribution >= 0.6 is 0 Å². The monoisotopic (exact) mass is 241 g/mol. The summed E-state index contributed by atoms with van der Waals surface area (Å²) >= 11 is 0. The Bertz CT molecular complexity index is 243. The Morgan fingerprint density at radius 2 is 2.12 bits per heavy atom. The van der Waals surface area contributed by atoms with Crippen LogP contribution in [-0.2, 0) is 4.79 Å². The number of carbonyl (C=O) groups is 1. The zero-order valence-corrected chi connectivity index (χ0v) is 11.4. The zero-order chi connectivity index (χ0) is 12.8. The number of nitrogens with zero attached hydrogens (tertiary/aromatic N) is 1. The molecule has 100 valence electrons. The fourth-order valence-electron chi connectivity index (χ4n) is 2.19. The van der Waals surface area contributed by atoms with Crippen LogP contribution in [0.5, 0.6) is 0 Å². The molecule has 1 aliphatic rings. The fourth-order valence-corrected chi connectivity index (χ4v) is 2.19. The van der Waals surface area contributed by atoms with Gasteiger partial charge in [0.2, 0.25) is 5.91 Å². The van der Waals surface area contributed by atoms with Gasteiger partial charge in [0.1, 0.15) is 0 Å². The maximum atomic E-state index is 11.8. The summed E-state index contributed by atoms with van der Waals surface area (Å²) in [6.07, 6.45) is 3.23. The molecular weight excluding hydrogens is 214 g/mol. The second kappa shape index (κ2) is 6.97. The van der Waals surface area contributed by atoms with E-state index >= 15 is 0 Å². The van der Waals surface area contributed by atoms with E-state index in [1.54, 1.807) is 0 Å². The van der Waals surface area contributed by atoms with Crippen molar-refractivity contribution in [2.24, 2.45) is 11.7 Å². The largest absolute Gasteiger partial charge is 0.353 e. The lowest BCUT2D eigenvalue weighted by atomic mass is 10.0. The van der Waals surface area contributed by atoms with Gasteiger partial charge in [0.25, 0.3) is 0 Å². The quantitative estimate of drug-likeness (QED) is 0.728. The van der Waals surface area contributed by atoms with E-state index in [1.165, 1.54) is 0 Å². The van der Waals surface area contributed by atoms with Gasteiger partial charge in [0.05, 0.1) is 6.54 Å². The number of amides is 1. The summed E-state index contributed by atoms with van der Waals surface area (Å²) in [5, 5.41) is 3.06. The Balaban J connectivity index is 2.15. The number of rotatable bonds is 6. The number of hydrogen-bond acceptors (Lipinski definition) is 3. The van der Waals surface area contributed by atoms with E-state index in [4.69, 9.17) is 5.73 Å². The van der Waals surface area contributed by atoms with E-state index in [2.05, 4.69) is 31.0 Å². The molecule has 4 heteroatoms. The summed E-state index contributed by atoms with van der Waals surface area (Å²) < 4.78 is 0. The molecule has 0 aromatic rings. The van der Waals surface area contributed by atoms with Crippen molar-refractivity contribution in [2.45, 2.75) is 52.1 Å². The molecule has 0 aromatic heterocycles. The molecular formula is C13H27N3O. The predicted octanol–water partition coefficient (Wildman–Crippen LogP) is 0.960. The maximum Gasteiger partial charge on any atom is 0.234 e. The number of nitrogens with one attached hydrogen (secondary N) is 1. The average Bonchev–Trinajstić information content (AvgIpc) is 2.60. The van der Waals surface area contributed by atoms with E-state index in [0.717, 1.165) is 32.4 Å². The number of likely N-dealkylation sites (tertiary alicyclic amines) is 1. The van der Waals surface area contributed by atoms with Gasteiger partial charge < -0.3 is 11.1 Å². The first-order valence-electron chi connectivity index (χ1n) is 6.74. The van der Waals surface area contributed by atoms with Crippen molar-refractivity contribution in [1.82, 2.24) is 10.2 Å². The number of hydrogen-bond donors (Lipinski definition) is 2. The summed E-state index contributed by atoms with van der Waals surface area (Å²) in [5.74, 6) is 0.835. The summed E-state index contributed by atoms with van der Waals surface area (Å²) in [5.41, 5.74) is 5.81. The minimum atomic E-state index is 0.135. The molecule has 0 spiro atoms. The summed E-state index contributed by atoms with van der Waals surface area (Å²) in [7, 11) is 0. The van der Waals surface area contributed by atoms with Crippen LogP contribution in [0.2, 0.25) is 0 Å². The molecule has 1 rings (SSSR count). The van der Waals surface area contributed by atoms with Gasteiger partial charge >= 0.3 is 0 Å². The van der Waals surface area contributed by atoms with E-state index < -0.39 is 0 Å². The van der Waals surface area contributed by atoms with Crippen LogP contribution < -0.4 is 11.1 Å². The lowest BCUT2D eigenvalue weighted by molar-refractivity contribution is -0.122. The fraction of sp³-hybridized carbons (Fsp3) is 0.923. The van der Waals surface area contributed by atoms with Crippen LogP contribution in [0.25, 0.3) is 0 Å². The van der Waals surface area contributed by atoms with Crippen molar-refractivity contribution in [2.75, 3.05) is 19.6 Å². The summed E-state index contributed by atoms with van der Waals surface area (Å²) in [6, 6.07) is 0.530. The van der Waals surface area contributed by atoms with Crippen molar-refractivity contribution in [3.05, 3.63) is 0 Å². The van der Waals surface area contributed by atoms with Gasteiger partial charge in [0, 0.05) is 25.2 Å². The molecule has 0 aromatic carbocycles. The molecule has 1 aliphatic heterocycles. The van der Waals surface area contributed by atoms with Crippen LogP contribution in [0.3, 0.4) is 0 Å².